The number of fused-ring (bicyclic) bond motifs is 5. The van der Waals surface area contributed by atoms with Gasteiger partial charge in [0.1, 0.15) is 6.10 Å². The molecule has 0 amide bonds. The van der Waals surface area contributed by atoms with E-state index in [2.05, 4.69) is 41.5 Å². The zero-order valence-corrected chi connectivity index (χ0v) is 22.7. The third kappa shape index (κ3) is 4.21. The van der Waals surface area contributed by atoms with Crippen molar-refractivity contribution in [2.75, 3.05) is 0 Å². The van der Waals surface area contributed by atoms with E-state index in [4.69, 9.17) is 4.74 Å². The van der Waals surface area contributed by atoms with E-state index in [1.165, 1.54) is 51.9 Å². The molecule has 3 nitrogen and oxygen atoms in total. The van der Waals surface area contributed by atoms with Gasteiger partial charge in [0.2, 0.25) is 0 Å². The van der Waals surface area contributed by atoms with Crippen LogP contribution in [-0.4, -0.2) is 22.8 Å². The van der Waals surface area contributed by atoms with E-state index in [1.807, 2.05) is 0 Å². The molecular weight excluding hydrogens is 408 g/mol. The van der Waals surface area contributed by atoms with E-state index in [9.17, 15) is 9.90 Å². The molecule has 33 heavy (non-hydrogen) atoms. The summed E-state index contributed by atoms with van der Waals surface area (Å²) in [6.45, 7) is 16.1. The number of hydrogen-bond donors (Lipinski definition) is 1. The van der Waals surface area contributed by atoms with Crippen molar-refractivity contribution in [1.82, 2.24) is 0 Å². The largest absolute Gasteiger partial charge is 0.462 e. The molecule has 0 radical (unpaired) electrons. The lowest BCUT2D eigenvalue weighted by Crippen LogP contribution is -2.66. The molecule has 0 heterocycles. The fraction of sp³-hybridized carbons (Fsp3) is 0.967. The number of carbonyl (C=O) groups is 1. The van der Waals surface area contributed by atoms with Crippen LogP contribution < -0.4 is 0 Å². The van der Waals surface area contributed by atoms with Crippen molar-refractivity contribution < 1.29 is 14.6 Å². The summed E-state index contributed by atoms with van der Waals surface area (Å²) < 4.78 is 5.61. The van der Waals surface area contributed by atoms with Gasteiger partial charge in [-0.2, -0.15) is 0 Å². The normalized spacial score (nSPS) is 48.0. The summed E-state index contributed by atoms with van der Waals surface area (Å²) in [5, 5.41) is 12.1. The minimum atomic E-state index is -0.706. The Morgan fingerprint density at radius 2 is 1.76 bits per heavy atom. The first-order valence-electron chi connectivity index (χ1n) is 14.3. The smallest absolute Gasteiger partial charge is 0.302 e. The van der Waals surface area contributed by atoms with Crippen LogP contribution in [0.2, 0.25) is 0 Å². The van der Waals surface area contributed by atoms with Crippen molar-refractivity contribution in [3.05, 3.63) is 0 Å². The number of carbonyl (C=O) groups excluding carboxylic acids is 1. The highest BCUT2D eigenvalue weighted by Gasteiger charge is 2.66. The molecule has 0 aromatic carbocycles. The Balaban J connectivity index is 1.51. The van der Waals surface area contributed by atoms with E-state index in [0.29, 0.717) is 17.8 Å². The Kier molecular flexibility index (Phi) is 7.07. The van der Waals surface area contributed by atoms with Crippen LogP contribution in [0.1, 0.15) is 119 Å². The molecule has 4 saturated carbocycles. The lowest BCUT2D eigenvalue weighted by atomic mass is 9.41. The molecular formula is C30H52O3. The molecule has 0 saturated heterocycles. The topological polar surface area (TPSA) is 46.5 Å². The quantitative estimate of drug-likeness (QED) is 0.420. The lowest BCUT2D eigenvalue weighted by Gasteiger charge is -2.66. The third-order valence-electron chi connectivity index (χ3n) is 11.7. The standard InChI is InChI=1S/C30H52O3/c1-19(2)9-8-10-20(3)25-11-12-26-24-17-21(4)30(32)18-23(33-22(5)31)13-16-29(30,7)27(24)14-15-28(25,26)6/h19-21,23-27,32H,8-18H2,1-7H3/t20-,21-,23+,24+,25-,26+,27+,28-,29-,30+/m1/s1. The van der Waals surface area contributed by atoms with E-state index < -0.39 is 5.60 Å². The Hall–Kier alpha value is -0.570. The van der Waals surface area contributed by atoms with Crippen molar-refractivity contribution in [3.8, 4) is 0 Å². The second-order valence-corrected chi connectivity index (χ2v) is 13.9. The molecule has 4 rings (SSSR count). The van der Waals surface area contributed by atoms with Gasteiger partial charge in [-0.25, -0.2) is 0 Å². The molecule has 0 aliphatic heterocycles. The van der Waals surface area contributed by atoms with Gasteiger partial charge in [-0.05, 0) is 97.2 Å². The zero-order chi connectivity index (χ0) is 24.2. The number of aliphatic hydroxyl groups is 1. The fourth-order valence-corrected chi connectivity index (χ4v) is 10.0. The minimum absolute atomic E-state index is 0.0473. The van der Waals surface area contributed by atoms with Crippen LogP contribution >= 0.6 is 0 Å². The highest BCUT2D eigenvalue weighted by atomic mass is 16.5. The third-order valence-corrected chi connectivity index (χ3v) is 11.7. The molecule has 190 valence electrons. The van der Waals surface area contributed by atoms with Crippen LogP contribution in [0.4, 0.5) is 0 Å². The van der Waals surface area contributed by atoms with Crippen LogP contribution in [0.25, 0.3) is 0 Å². The van der Waals surface area contributed by atoms with Crippen molar-refractivity contribution in [3.63, 3.8) is 0 Å². The molecule has 1 N–H and O–H groups in total. The molecule has 4 fully saturated rings. The summed E-state index contributed by atoms with van der Waals surface area (Å²) in [6, 6.07) is 0. The first-order chi connectivity index (χ1) is 15.4. The van der Waals surface area contributed by atoms with E-state index in [-0.39, 0.29) is 23.4 Å². The molecule has 4 aliphatic carbocycles. The Morgan fingerprint density at radius 3 is 2.42 bits per heavy atom. The van der Waals surface area contributed by atoms with Gasteiger partial charge in [-0.15, -0.1) is 0 Å². The second kappa shape index (κ2) is 9.14. The minimum Gasteiger partial charge on any atom is -0.462 e. The highest BCUT2D eigenvalue weighted by molar-refractivity contribution is 5.66. The second-order valence-electron chi connectivity index (χ2n) is 13.9. The molecule has 0 unspecified atom stereocenters. The lowest BCUT2D eigenvalue weighted by molar-refractivity contribution is -0.247. The van der Waals surface area contributed by atoms with Crippen LogP contribution in [-0.2, 0) is 9.53 Å². The fourth-order valence-electron chi connectivity index (χ4n) is 10.0. The van der Waals surface area contributed by atoms with Gasteiger partial charge < -0.3 is 9.84 Å². The zero-order valence-electron chi connectivity index (χ0n) is 22.7. The van der Waals surface area contributed by atoms with Crippen molar-refractivity contribution >= 4 is 5.97 Å². The summed E-state index contributed by atoms with van der Waals surface area (Å²) in [5.41, 5.74) is -0.268. The molecule has 10 atom stereocenters. The van der Waals surface area contributed by atoms with Gasteiger partial charge in [-0.1, -0.05) is 60.8 Å². The van der Waals surface area contributed by atoms with Gasteiger partial charge in [-0.3, -0.25) is 4.79 Å². The van der Waals surface area contributed by atoms with Gasteiger partial charge in [0.15, 0.2) is 0 Å². The monoisotopic (exact) mass is 460 g/mol. The summed E-state index contributed by atoms with van der Waals surface area (Å²) in [5.74, 6) is 4.78. The Bertz CT molecular complexity index is 717. The molecule has 0 spiro atoms. The average molecular weight is 461 g/mol. The first-order valence-corrected chi connectivity index (χ1v) is 14.3. The average Bonchev–Trinajstić information content (AvgIpc) is 3.07. The molecule has 0 aromatic rings. The first kappa shape index (κ1) is 25.5. The SMILES string of the molecule is CC(=O)O[C@H]1CC[C@]2(C)[C@H]3CC[C@]4(C)[C@@H]([C@H](C)CCCC(C)C)CC[C@H]4[C@@H]3C[C@@H](C)[C@@]2(O)C1. The highest BCUT2D eigenvalue weighted by Crippen LogP contribution is 2.70. The predicted molar refractivity (Wildman–Crippen MR) is 135 cm³/mol. The van der Waals surface area contributed by atoms with Gasteiger partial charge in [0.25, 0.3) is 0 Å². The Morgan fingerprint density at radius 1 is 1.03 bits per heavy atom. The van der Waals surface area contributed by atoms with Crippen LogP contribution in [0.3, 0.4) is 0 Å². The summed E-state index contributed by atoms with van der Waals surface area (Å²) >= 11 is 0. The predicted octanol–water partition coefficient (Wildman–Crippen LogP) is 7.40. The van der Waals surface area contributed by atoms with Crippen LogP contribution in [0, 0.1) is 52.3 Å². The summed E-state index contributed by atoms with van der Waals surface area (Å²) in [6.07, 6.45) is 13.1. The van der Waals surface area contributed by atoms with Crippen LogP contribution in [0.5, 0.6) is 0 Å². The number of ether oxygens (including phenoxy) is 1. The maximum absolute atomic E-state index is 12.1. The molecule has 0 bridgehead atoms. The van der Waals surface area contributed by atoms with Crippen molar-refractivity contribution in [2.24, 2.45) is 52.3 Å². The van der Waals surface area contributed by atoms with Crippen LogP contribution in [0.15, 0.2) is 0 Å². The summed E-state index contributed by atoms with van der Waals surface area (Å²) in [7, 11) is 0. The van der Waals surface area contributed by atoms with Gasteiger partial charge >= 0.3 is 5.97 Å². The maximum atomic E-state index is 12.1. The maximum Gasteiger partial charge on any atom is 0.302 e. The number of hydrogen-bond acceptors (Lipinski definition) is 3. The number of esters is 1. The van der Waals surface area contributed by atoms with E-state index in [0.717, 1.165) is 48.9 Å². The number of rotatable bonds is 6. The summed E-state index contributed by atoms with van der Waals surface area (Å²) in [4.78, 5) is 11.6. The molecule has 3 heteroatoms. The van der Waals surface area contributed by atoms with Gasteiger partial charge in [0, 0.05) is 13.3 Å². The van der Waals surface area contributed by atoms with Gasteiger partial charge in [0.05, 0.1) is 5.60 Å². The molecule has 4 aliphatic rings. The van der Waals surface area contributed by atoms with Crippen molar-refractivity contribution in [1.29, 1.82) is 0 Å². The van der Waals surface area contributed by atoms with E-state index in [1.54, 1.807) is 0 Å². The van der Waals surface area contributed by atoms with Crippen molar-refractivity contribution in [2.45, 2.75) is 131 Å². The van der Waals surface area contributed by atoms with E-state index >= 15 is 0 Å². The Labute approximate surface area is 203 Å². The molecule has 0 aromatic heterocycles.